The van der Waals surface area contributed by atoms with Crippen LogP contribution in [0.25, 0.3) is 11.1 Å². The third kappa shape index (κ3) is 4.05. The normalized spacial score (nSPS) is 17.6. The van der Waals surface area contributed by atoms with Gasteiger partial charge >= 0.3 is 0 Å². The molecule has 1 fully saturated rings. The molecule has 3 aromatic rings. The van der Waals surface area contributed by atoms with Crippen LogP contribution < -0.4 is 4.90 Å². The average Bonchev–Trinajstić information content (AvgIpc) is 2.74. The molecule has 0 spiro atoms. The molecule has 1 aliphatic rings. The Balaban J connectivity index is 1.47. The number of halogens is 2. The first-order chi connectivity index (χ1) is 14.0. The molecule has 1 heterocycles. The number of carbonyl (C=O) groups excluding carboxylic acids is 1. The Bertz CT molecular complexity index is 1010. The maximum Gasteiger partial charge on any atom is 0.244 e. The minimum Gasteiger partial charge on any atom is -0.310 e. The Morgan fingerprint density at radius 1 is 0.897 bits per heavy atom. The van der Waals surface area contributed by atoms with E-state index in [9.17, 15) is 13.6 Å². The van der Waals surface area contributed by atoms with Gasteiger partial charge in [-0.3, -0.25) is 9.69 Å². The summed E-state index contributed by atoms with van der Waals surface area (Å²) in [6, 6.07) is 21.2. The summed E-state index contributed by atoms with van der Waals surface area (Å²) in [6.45, 7) is 3.24. The second-order valence-electron chi connectivity index (χ2n) is 7.28. The van der Waals surface area contributed by atoms with E-state index in [1.54, 1.807) is 4.90 Å². The molecule has 0 N–H and O–H groups in total. The fourth-order valence-corrected chi connectivity index (χ4v) is 3.72. The molecule has 1 amide bonds. The smallest absolute Gasteiger partial charge is 0.244 e. The minimum absolute atomic E-state index is 0.0220. The lowest BCUT2D eigenvalue weighted by Crippen LogP contribution is -2.55. The van der Waals surface area contributed by atoms with Gasteiger partial charge in [-0.2, -0.15) is 0 Å². The number of carbonyl (C=O) groups is 1. The Morgan fingerprint density at radius 3 is 2.28 bits per heavy atom. The monoisotopic (exact) mass is 392 g/mol. The van der Waals surface area contributed by atoms with Gasteiger partial charge in [0.1, 0.15) is 11.6 Å². The topological polar surface area (TPSA) is 23.6 Å². The third-order valence-electron chi connectivity index (χ3n) is 5.46. The first-order valence-electron chi connectivity index (χ1n) is 9.68. The summed E-state index contributed by atoms with van der Waals surface area (Å²) in [6.07, 6.45) is 0. The van der Waals surface area contributed by atoms with Crippen LogP contribution in [-0.4, -0.2) is 29.9 Å². The zero-order valence-electron chi connectivity index (χ0n) is 16.2. The van der Waals surface area contributed by atoms with Gasteiger partial charge in [-0.05, 0) is 36.2 Å². The van der Waals surface area contributed by atoms with Gasteiger partial charge in [-0.1, -0.05) is 48.5 Å². The first-order valence-corrected chi connectivity index (χ1v) is 9.68. The van der Waals surface area contributed by atoms with Crippen molar-refractivity contribution in [2.24, 2.45) is 0 Å². The molecule has 0 radical (unpaired) electrons. The number of amides is 1. The summed E-state index contributed by atoms with van der Waals surface area (Å²) in [5, 5.41) is 0. The Morgan fingerprint density at radius 2 is 1.59 bits per heavy atom. The van der Waals surface area contributed by atoms with E-state index in [4.69, 9.17) is 0 Å². The SMILES string of the molecule is C[C@H]1C(=O)N(c2ccc(-c3ccccc3)cc2)CCN1Cc1ccc(F)cc1F. The van der Waals surface area contributed by atoms with Crippen molar-refractivity contribution in [1.82, 2.24) is 4.90 Å². The van der Waals surface area contributed by atoms with Crippen LogP contribution in [0.2, 0.25) is 0 Å². The van der Waals surface area contributed by atoms with Crippen molar-refractivity contribution in [2.75, 3.05) is 18.0 Å². The number of rotatable bonds is 4. The van der Waals surface area contributed by atoms with Gasteiger partial charge in [-0.15, -0.1) is 0 Å². The van der Waals surface area contributed by atoms with Gasteiger partial charge < -0.3 is 4.90 Å². The predicted octanol–water partition coefficient (Wildman–Crippen LogP) is 4.87. The quantitative estimate of drug-likeness (QED) is 0.633. The van der Waals surface area contributed by atoms with E-state index in [-0.39, 0.29) is 18.5 Å². The zero-order valence-corrected chi connectivity index (χ0v) is 16.2. The van der Waals surface area contributed by atoms with E-state index < -0.39 is 11.6 Å². The van der Waals surface area contributed by atoms with E-state index in [0.717, 1.165) is 22.9 Å². The Kier molecular flexibility index (Phi) is 5.41. The highest BCUT2D eigenvalue weighted by Crippen LogP contribution is 2.26. The Labute approximate surface area is 169 Å². The predicted molar refractivity (Wildman–Crippen MR) is 110 cm³/mol. The summed E-state index contributed by atoms with van der Waals surface area (Å²) in [7, 11) is 0. The molecule has 4 rings (SSSR count). The largest absolute Gasteiger partial charge is 0.310 e. The highest BCUT2D eigenvalue weighted by atomic mass is 19.1. The summed E-state index contributed by atoms with van der Waals surface area (Å²) in [5.41, 5.74) is 3.48. The number of nitrogens with zero attached hydrogens (tertiary/aromatic N) is 2. The maximum atomic E-state index is 14.0. The molecule has 1 saturated heterocycles. The zero-order chi connectivity index (χ0) is 20.4. The van der Waals surface area contributed by atoms with Crippen LogP contribution in [0.4, 0.5) is 14.5 Å². The summed E-state index contributed by atoms with van der Waals surface area (Å²) in [4.78, 5) is 16.6. The van der Waals surface area contributed by atoms with Gasteiger partial charge in [0.15, 0.2) is 0 Å². The fraction of sp³-hybridized carbons (Fsp3) is 0.208. The van der Waals surface area contributed by atoms with Crippen LogP contribution in [0.5, 0.6) is 0 Å². The van der Waals surface area contributed by atoms with E-state index >= 15 is 0 Å². The van der Waals surface area contributed by atoms with Crippen LogP contribution in [0.1, 0.15) is 12.5 Å². The lowest BCUT2D eigenvalue weighted by Gasteiger charge is -2.39. The number of piperazine rings is 1. The molecule has 3 aromatic carbocycles. The molecule has 1 atom stereocenters. The summed E-state index contributed by atoms with van der Waals surface area (Å²) < 4.78 is 27.1. The third-order valence-corrected chi connectivity index (χ3v) is 5.46. The van der Waals surface area contributed by atoms with Crippen molar-refractivity contribution in [3.8, 4) is 11.1 Å². The molecule has 0 saturated carbocycles. The van der Waals surface area contributed by atoms with Crippen molar-refractivity contribution in [2.45, 2.75) is 19.5 Å². The molecule has 0 bridgehead atoms. The van der Waals surface area contributed by atoms with Crippen molar-refractivity contribution in [3.63, 3.8) is 0 Å². The van der Waals surface area contributed by atoms with E-state index in [2.05, 4.69) is 12.1 Å². The average molecular weight is 392 g/mol. The molecule has 3 nitrogen and oxygen atoms in total. The highest BCUT2D eigenvalue weighted by molar-refractivity contribution is 5.97. The molecule has 0 aromatic heterocycles. The van der Waals surface area contributed by atoms with E-state index in [1.165, 1.54) is 12.1 Å². The molecule has 0 aliphatic carbocycles. The second-order valence-corrected chi connectivity index (χ2v) is 7.28. The van der Waals surface area contributed by atoms with Gasteiger partial charge in [0.25, 0.3) is 0 Å². The standard InChI is InChI=1S/C24H22F2N2O/c1-17-24(29)28(14-13-27(17)16-20-7-10-21(25)15-23(20)26)22-11-8-19(9-12-22)18-5-3-2-4-6-18/h2-12,15,17H,13-14,16H2,1H3/t17-/m0/s1. The van der Waals surface area contributed by atoms with Gasteiger partial charge in [0.05, 0.1) is 6.04 Å². The number of benzene rings is 3. The van der Waals surface area contributed by atoms with Crippen molar-refractivity contribution >= 4 is 11.6 Å². The molecule has 0 unspecified atom stereocenters. The second kappa shape index (κ2) is 8.13. The molecule has 5 heteroatoms. The molecule has 148 valence electrons. The molecule has 1 aliphatic heterocycles. The summed E-state index contributed by atoms with van der Waals surface area (Å²) >= 11 is 0. The van der Waals surface area contributed by atoms with Crippen LogP contribution in [0.15, 0.2) is 72.8 Å². The van der Waals surface area contributed by atoms with E-state index in [1.807, 2.05) is 54.3 Å². The molecule has 29 heavy (non-hydrogen) atoms. The van der Waals surface area contributed by atoms with Crippen LogP contribution in [0, 0.1) is 11.6 Å². The fourth-order valence-electron chi connectivity index (χ4n) is 3.72. The number of hydrogen-bond donors (Lipinski definition) is 0. The lowest BCUT2D eigenvalue weighted by molar-refractivity contribution is -0.125. The van der Waals surface area contributed by atoms with Crippen molar-refractivity contribution < 1.29 is 13.6 Å². The molecular formula is C24H22F2N2O. The summed E-state index contributed by atoms with van der Waals surface area (Å²) in [5.74, 6) is -1.20. The number of anilines is 1. The van der Waals surface area contributed by atoms with Crippen LogP contribution in [0.3, 0.4) is 0 Å². The molecular weight excluding hydrogens is 370 g/mol. The highest BCUT2D eigenvalue weighted by Gasteiger charge is 2.32. The van der Waals surface area contributed by atoms with Crippen LogP contribution >= 0.6 is 0 Å². The van der Waals surface area contributed by atoms with Crippen molar-refractivity contribution in [1.29, 1.82) is 0 Å². The number of hydrogen-bond acceptors (Lipinski definition) is 2. The maximum absolute atomic E-state index is 14.0. The lowest BCUT2D eigenvalue weighted by atomic mass is 10.0. The van der Waals surface area contributed by atoms with E-state index in [0.29, 0.717) is 18.7 Å². The van der Waals surface area contributed by atoms with Gasteiger partial charge in [0, 0.05) is 37.0 Å². The van der Waals surface area contributed by atoms with Crippen molar-refractivity contribution in [3.05, 3.63) is 90.0 Å². The van der Waals surface area contributed by atoms with Gasteiger partial charge in [-0.25, -0.2) is 8.78 Å². The van der Waals surface area contributed by atoms with Crippen LogP contribution in [-0.2, 0) is 11.3 Å². The minimum atomic E-state index is -0.598. The van der Waals surface area contributed by atoms with Gasteiger partial charge in [0.2, 0.25) is 5.91 Å². The Hall–Kier alpha value is -3.05. The first kappa shape index (κ1) is 19.3.